The van der Waals surface area contributed by atoms with E-state index in [9.17, 15) is 4.79 Å². The summed E-state index contributed by atoms with van der Waals surface area (Å²) in [6.45, 7) is 9.41. The van der Waals surface area contributed by atoms with Gasteiger partial charge in [-0.1, -0.05) is 12.1 Å². The minimum atomic E-state index is -0.229. The first-order chi connectivity index (χ1) is 10.8. The van der Waals surface area contributed by atoms with Crippen molar-refractivity contribution in [2.75, 3.05) is 19.3 Å². The molecule has 0 bridgehead atoms. The summed E-state index contributed by atoms with van der Waals surface area (Å²) in [6, 6.07) is 8.33. The molecule has 24 heavy (non-hydrogen) atoms. The Labute approximate surface area is 166 Å². The standard InChI is InChI=1S/C17H28N4OS.HI/c1-6-18-16(20-12-15(22)21-17(2,3)4)19-11-13-7-9-14(23-5)10-8-13;/h7-10H,6,11-12H2,1-5H3,(H,21,22)(H2,18,19,20);1H. The van der Waals surface area contributed by atoms with Gasteiger partial charge in [0, 0.05) is 17.0 Å². The minimum absolute atomic E-state index is 0. The normalized spacial score (nSPS) is 11.5. The van der Waals surface area contributed by atoms with E-state index in [4.69, 9.17) is 0 Å². The zero-order chi connectivity index (χ0) is 17.3. The monoisotopic (exact) mass is 464 g/mol. The third kappa shape index (κ3) is 10.0. The van der Waals surface area contributed by atoms with E-state index >= 15 is 0 Å². The van der Waals surface area contributed by atoms with Gasteiger partial charge in [0.2, 0.25) is 5.91 Å². The molecule has 7 heteroatoms. The zero-order valence-electron chi connectivity index (χ0n) is 15.1. The molecule has 0 unspecified atom stereocenters. The van der Waals surface area contributed by atoms with Crippen molar-refractivity contribution in [1.82, 2.24) is 16.0 Å². The first-order valence-electron chi connectivity index (χ1n) is 7.80. The average Bonchev–Trinajstić information content (AvgIpc) is 2.49. The molecule has 0 fully saturated rings. The van der Waals surface area contributed by atoms with Gasteiger partial charge in [0.15, 0.2) is 5.96 Å². The number of guanidine groups is 1. The van der Waals surface area contributed by atoms with Gasteiger partial charge in [0.1, 0.15) is 0 Å². The van der Waals surface area contributed by atoms with Crippen LogP contribution in [0.15, 0.2) is 34.2 Å². The fourth-order valence-corrected chi connectivity index (χ4v) is 2.28. The van der Waals surface area contributed by atoms with Crippen LogP contribution in [0.25, 0.3) is 0 Å². The number of benzene rings is 1. The summed E-state index contributed by atoms with van der Waals surface area (Å²) in [5.41, 5.74) is 0.909. The van der Waals surface area contributed by atoms with Gasteiger partial charge in [0.25, 0.3) is 0 Å². The van der Waals surface area contributed by atoms with E-state index in [2.05, 4.69) is 51.5 Å². The first-order valence-corrected chi connectivity index (χ1v) is 9.02. The highest BCUT2D eigenvalue weighted by Crippen LogP contribution is 2.15. The van der Waals surface area contributed by atoms with Crippen LogP contribution in [0, 0.1) is 0 Å². The fourth-order valence-electron chi connectivity index (χ4n) is 1.87. The van der Waals surface area contributed by atoms with Crippen molar-refractivity contribution in [1.29, 1.82) is 0 Å². The van der Waals surface area contributed by atoms with Gasteiger partial charge in [-0.2, -0.15) is 0 Å². The van der Waals surface area contributed by atoms with E-state index in [1.165, 1.54) is 4.90 Å². The van der Waals surface area contributed by atoms with Crippen LogP contribution in [0.1, 0.15) is 33.3 Å². The Morgan fingerprint density at radius 3 is 2.29 bits per heavy atom. The summed E-state index contributed by atoms with van der Waals surface area (Å²) in [5.74, 6) is 0.595. The molecule has 0 heterocycles. The SMILES string of the molecule is CCNC(=NCc1ccc(SC)cc1)NCC(=O)NC(C)(C)C.I. The molecule has 0 spiro atoms. The van der Waals surface area contributed by atoms with Gasteiger partial charge in [-0.05, 0) is 51.6 Å². The molecule has 1 amide bonds. The number of amides is 1. The average molecular weight is 464 g/mol. The van der Waals surface area contributed by atoms with Gasteiger partial charge in [-0.15, -0.1) is 35.7 Å². The molecule has 0 atom stereocenters. The second-order valence-corrected chi connectivity index (χ2v) is 7.07. The van der Waals surface area contributed by atoms with Crippen molar-refractivity contribution in [2.45, 2.75) is 44.7 Å². The van der Waals surface area contributed by atoms with Crippen molar-refractivity contribution in [3.63, 3.8) is 0 Å². The topological polar surface area (TPSA) is 65.5 Å². The maximum atomic E-state index is 11.9. The van der Waals surface area contributed by atoms with Gasteiger partial charge >= 0.3 is 0 Å². The van der Waals surface area contributed by atoms with Crippen LogP contribution >= 0.6 is 35.7 Å². The van der Waals surface area contributed by atoms with Crippen molar-refractivity contribution in [2.24, 2.45) is 4.99 Å². The Hall–Kier alpha value is -0.960. The molecule has 0 aliphatic rings. The summed E-state index contributed by atoms with van der Waals surface area (Å²) in [6.07, 6.45) is 2.06. The van der Waals surface area contributed by atoms with Crippen LogP contribution in [0.2, 0.25) is 0 Å². The molecule has 3 N–H and O–H groups in total. The van der Waals surface area contributed by atoms with E-state index in [1.54, 1.807) is 11.8 Å². The molecule has 0 aliphatic carbocycles. The second-order valence-electron chi connectivity index (χ2n) is 6.19. The number of thioether (sulfide) groups is 1. The number of hydrogen-bond acceptors (Lipinski definition) is 3. The lowest BCUT2D eigenvalue weighted by atomic mass is 10.1. The van der Waals surface area contributed by atoms with E-state index in [0.717, 1.165) is 12.1 Å². The van der Waals surface area contributed by atoms with Gasteiger partial charge in [-0.25, -0.2) is 4.99 Å². The molecule has 0 aliphatic heterocycles. The fraction of sp³-hybridized carbons (Fsp3) is 0.529. The van der Waals surface area contributed by atoms with Crippen molar-refractivity contribution in [3.05, 3.63) is 29.8 Å². The van der Waals surface area contributed by atoms with Crippen LogP contribution in [0.4, 0.5) is 0 Å². The summed E-state index contributed by atoms with van der Waals surface area (Å²) in [5, 5.41) is 9.12. The number of carbonyl (C=O) groups excluding carboxylic acids is 1. The highest BCUT2D eigenvalue weighted by Gasteiger charge is 2.13. The number of nitrogens with zero attached hydrogens (tertiary/aromatic N) is 1. The largest absolute Gasteiger partial charge is 0.357 e. The summed E-state index contributed by atoms with van der Waals surface area (Å²) >= 11 is 1.72. The van der Waals surface area contributed by atoms with Gasteiger partial charge in [-0.3, -0.25) is 4.79 Å². The molecule has 0 aromatic heterocycles. The summed E-state index contributed by atoms with van der Waals surface area (Å²) in [7, 11) is 0. The van der Waals surface area contributed by atoms with Gasteiger partial charge < -0.3 is 16.0 Å². The molecule has 0 radical (unpaired) electrons. The number of aliphatic imine (C=N–C) groups is 1. The molecular formula is C17H29IN4OS. The summed E-state index contributed by atoms with van der Waals surface area (Å²) in [4.78, 5) is 17.6. The summed E-state index contributed by atoms with van der Waals surface area (Å²) < 4.78 is 0. The van der Waals surface area contributed by atoms with Crippen molar-refractivity contribution < 1.29 is 4.79 Å². The molecule has 0 saturated heterocycles. The third-order valence-electron chi connectivity index (χ3n) is 2.85. The lowest BCUT2D eigenvalue weighted by Crippen LogP contribution is -2.48. The molecule has 1 aromatic carbocycles. The Kier molecular flexibility index (Phi) is 11.1. The maximum absolute atomic E-state index is 11.9. The predicted molar refractivity (Wildman–Crippen MR) is 114 cm³/mol. The lowest BCUT2D eigenvalue weighted by molar-refractivity contribution is -0.121. The van der Waals surface area contributed by atoms with E-state index < -0.39 is 0 Å². The molecule has 0 saturated carbocycles. The Morgan fingerprint density at radius 1 is 1.17 bits per heavy atom. The van der Waals surface area contributed by atoms with Crippen LogP contribution < -0.4 is 16.0 Å². The van der Waals surface area contributed by atoms with Crippen molar-refractivity contribution in [3.8, 4) is 0 Å². The Bertz CT molecular complexity index is 526. The van der Waals surface area contributed by atoms with E-state index in [1.807, 2.05) is 27.7 Å². The Morgan fingerprint density at radius 2 is 1.79 bits per heavy atom. The highest BCUT2D eigenvalue weighted by atomic mass is 127. The molecule has 5 nitrogen and oxygen atoms in total. The third-order valence-corrected chi connectivity index (χ3v) is 3.60. The van der Waals surface area contributed by atoms with Crippen LogP contribution in [-0.4, -0.2) is 36.8 Å². The number of carbonyl (C=O) groups is 1. The van der Waals surface area contributed by atoms with Crippen LogP contribution in [0.5, 0.6) is 0 Å². The maximum Gasteiger partial charge on any atom is 0.239 e. The highest BCUT2D eigenvalue weighted by molar-refractivity contribution is 14.0. The predicted octanol–water partition coefficient (Wildman–Crippen LogP) is 3.00. The van der Waals surface area contributed by atoms with E-state index in [-0.39, 0.29) is 42.0 Å². The zero-order valence-corrected chi connectivity index (χ0v) is 18.2. The van der Waals surface area contributed by atoms with E-state index in [0.29, 0.717) is 12.5 Å². The molecule has 1 rings (SSSR count). The first kappa shape index (κ1) is 23.0. The number of hydrogen-bond donors (Lipinski definition) is 3. The molecular weight excluding hydrogens is 435 g/mol. The number of nitrogens with one attached hydrogen (secondary N) is 3. The smallest absolute Gasteiger partial charge is 0.239 e. The number of halogens is 1. The lowest BCUT2D eigenvalue weighted by Gasteiger charge is -2.21. The quantitative estimate of drug-likeness (QED) is 0.262. The van der Waals surface area contributed by atoms with Crippen LogP contribution in [0.3, 0.4) is 0 Å². The number of rotatable bonds is 6. The minimum Gasteiger partial charge on any atom is -0.357 e. The van der Waals surface area contributed by atoms with Crippen LogP contribution in [-0.2, 0) is 11.3 Å². The second kappa shape index (κ2) is 11.6. The Balaban J connectivity index is 0.00000529. The van der Waals surface area contributed by atoms with Crippen molar-refractivity contribution >= 4 is 47.6 Å². The molecule has 1 aromatic rings. The van der Waals surface area contributed by atoms with Gasteiger partial charge in [0.05, 0.1) is 13.1 Å². The molecule has 136 valence electrons.